The van der Waals surface area contributed by atoms with Crippen LogP contribution >= 0.6 is 34.8 Å². The first-order valence-electron chi connectivity index (χ1n) is 4.92. The fourth-order valence-electron chi connectivity index (χ4n) is 1.41. The first-order chi connectivity index (χ1) is 8.60. The lowest BCUT2D eigenvalue weighted by molar-refractivity contribution is 0.481. The lowest BCUT2D eigenvalue weighted by Gasteiger charge is -2.08. The van der Waals surface area contributed by atoms with Crippen molar-refractivity contribution in [2.24, 2.45) is 0 Å². The van der Waals surface area contributed by atoms with E-state index in [1.54, 1.807) is 36.4 Å². The largest absolute Gasteiger partial charge is 0.456 e. The van der Waals surface area contributed by atoms with Crippen LogP contribution in [0.3, 0.4) is 0 Å². The Morgan fingerprint density at radius 1 is 1.00 bits per heavy atom. The van der Waals surface area contributed by atoms with Gasteiger partial charge in [0.25, 0.3) is 0 Å². The monoisotopic (exact) mass is 297 g/mol. The lowest BCUT2D eigenvalue weighted by Crippen LogP contribution is -1.89. The van der Waals surface area contributed by atoms with Crippen molar-refractivity contribution in [1.29, 1.82) is 5.26 Å². The van der Waals surface area contributed by atoms with Crippen LogP contribution in [0.2, 0.25) is 15.1 Å². The number of rotatable bonds is 2. The molecule has 0 spiro atoms. The van der Waals surface area contributed by atoms with Crippen molar-refractivity contribution in [2.75, 3.05) is 0 Å². The number of ether oxygens (including phenoxy) is 1. The highest BCUT2D eigenvalue weighted by Crippen LogP contribution is 2.32. The number of halogens is 3. The molecule has 0 saturated carbocycles. The average Bonchev–Trinajstić information content (AvgIpc) is 2.27. The van der Waals surface area contributed by atoms with Gasteiger partial charge in [-0.15, -0.1) is 0 Å². The van der Waals surface area contributed by atoms with Crippen LogP contribution in [0.15, 0.2) is 36.4 Å². The summed E-state index contributed by atoms with van der Waals surface area (Å²) in [4.78, 5) is 0. The molecular weight excluding hydrogens is 293 g/mol. The minimum atomic E-state index is 0.273. The molecule has 0 atom stereocenters. The van der Waals surface area contributed by atoms with Gasteiger partial charge < -0.3 is 4.74 Å². The average molecular weight is 299 g/mol. The summed E-state index contributed by atoms with van der Waals surface area (Å²) in [6.07, 6.45) is 0. The van der Waals surface area contributed by atoms with E-state index < -0.39 is 0 Å². The molecular formula is C13H6Cl3NO. The molecule has 0 N–H and O–H groups in total. The molecule has 2 aromatic carbocycles. The Bertz CT molecular complexity index is 614. The number of nitrogens with zero attached hydrogens (tertiary/aromatic N) is 1. The molecule has 0 radical (unpaired) electrons. The second-order valence-corrected chi connectivity index (χ2v) is 4.71. The zero-order chi connectivity index (χ0) is 13.1. The van der Waals surface area contributed by atoms with Gasteiger partial charge in [0, 0.05) is 10.0 Å². The summed E-state index contributed by atoms with van der Waals surface area (Å²) < 4.78 is 5.57. The summed E-state index contributed by atoms with van der Waals surface area (Å²) in [6.45, 7) is 0. The molecule has 0 aromatic heterocycles. The molecule has 0 fully saturated rings. The fourth-order valence-corrected chi connectivity index (χ4v) is 2.13. The smallest absolute Gasteiger partial charge is 0.146 e. The van der Waals surface area contributed by atoms with Gasteiger partial charge in [-0.25, -0.2) is 0 Å². The number of hydrogen-bond donors (Lipinski definition) is 0. The lowest BCUT2D eigenvalue weighted by atomic mass is 10.2. The normalized spacial score (nSPS) is 9.89. The van der Waals surface area contributed by atoms with Gasteiger partial charge in [-0.3, -0.25) is 0 Å². The van der Waals surface area contributed by atoms with E-state index in [4.69, 9.17) is 44.8 Å². The summed E-state index contributed by atoms with van der Waals surface area (Å²) in [5.41, 5.74) is 0.273. The summed E-state index contributed by atoms with van der Waals surface area (Å²) in [6, 6.07) is 11.8. The van der Waals surface area contributed by atoms with Gasteiger partial charge in [0.15, 0.2) is 0 Å². The molecule has 0 aliphatic rings. The van der Waals surface area contributed by atoms with E-state index in [-0.39, 0.29) is 5.56 Å². The van der Waals surface area contributed by atoms with E-state index in [2.05, 4.69) is 0 Å². The molecule has 0 aliphatic heterocycles. The van der Waals surface area contributed by atoms with Gasteiger partial charge in [0.2, 0.25) is 0 Å². The molecule has 0 bridgehead atoms. The quantitative estimate of drug-likeness (QED) is 0.752. The van der Waals surface area contributed by atoms with Crippen LogP contribution in [-0.4, -0.2) is 0 Å². The standard InChI is InChI=1S/C13H6Cl3NO/c14-8-4-9(15)6-10(5-8)18-13-3-1-2-12(16)11(13)7-17/h1-6H. The first-order valence-corrected chi connectivity index (χ1v) is 6.06. The van der Waals surface area contributed by atoms with Crippen molar-refractivity contribution in [3.05, 3.63) is 57.0 Å². The van der Waals surface area contributed by atoms with Crippen molar-refractivity contribution >= 4 is 34.8 Å². The fraction of sp³-hybridized carbons (Fsp3) is 0. The van der Waals surface area contributed by atoms with Gasteiger partial charge in [-0.1, -0.05) is 40.9 Å². The molecule has 2 rings (SSSR count). The Kier molecular flexibility index (Phi) is 3.98. The second kappa shape index (κ2) is 5.49. The van der Waals surface area contributed by atoms with Crippen LogP contribution in [0.5, 0.6) is 11.5 Å². The topological polar surface area (TPSA) is 33.0 Å². The van der Waals surface area contributed by atoms with Gasteiger partial charge >= 0.3 is 0 Å². The third-order valence-electron chi connectivity index (χ3n) is 2.15. The molecule has 5 heteroatoms. The van der Waals surface area contributed by atoms with Gasteiger partial charge in [-0.05, 0) is 30.3 Å². The van der Waals surface area contributed by atoms with E-state index in [9.17, 15) is 0 Å². The van der Waals surface area contributed by atoms with Crippen molar-refractivity contribution in [2.45, 2.75) is 0 Å². The Labute approximate surface area is 119 Å². The maximum absolute atomic E-state index is 9.02. The highest BCUT2D eigenvalue weighted by atomic mass is 35.5. The van der Waals surface area contributed by atoms with E-state index in [1.807, 2.05) is 6.07 Å². The van der Waals surface area contributed by atoms with E-state index >= 15 is 0 Å². The highest BCUT2D eigenvalue weighted by Gasteiger charge is 2.09. The van der Waals surface area contributed by atoms with E-state index in [0.717, 1.165) is 0 Å². The first kappa shape index (κ1) is 13.0. The van der Waals surface area contributed by atoms with Crippen molar-refractivity contribution < 1.29 is 4.74 Å². The summed E-state index contributed by atoms with van der Waals surface area (Å²) in [7, 11) is 0. The molecule has 0 aliphatic carbocycles. The molecule has 0 heterocycles. The summed E-state index contributed by atoms with van der Waals surface area (Å²) >= 11 is 17.6. The Morgan fingerprint density at radius 3 is 2.28 bits per heavy atom. The van der Waals surface area contributed by atoms with Crippen molar-refractivity contribution in [3.63, 3.8) is 0 Å². The summed E-state index contributed by atoms with van der Waals surface area (Å²) in [5.74, 6) is 0.814. The van der Waals surface area contributed by atoms with Gasteiger partial charge in [-0.2, -0.15) is 5.26 Å². The maximum Gasteiger partial charge on any atom is 0.146 e. The van der Waals surface area contributed by atoms with Crippen molar-refractivity contribution in [1.82, 2.24) is 0 Å². The Morgan fingerprint density at radius 2 is 1.67 bits per heavy atom. The second-order valence-electron chi connectivity index (χ2n) is 3.43. The minimum Gasteiger partial charge on any atom is -0.456 e. The molecule has 2 aromatic rings. The zero-order valence-electron chi connectivity index (χ0n) is 8.95. The number of benzene rings is 2. The van der Waals surface area contributed by atoms with Crippen LogP contribution in [0, 0.1) is 11.3 Å². The van der Waals surface area contributed by atoms with Gasteiger partial charge in [0.05, 0.1) is 5.02 Å². The Hall–Kier alpha value is -1.40. The van der Waals surface area contributed by atoms with Gasteiger partial charge in [0.1, 0.15) is 23.1 Å². The molecule has 90 valence electrons. The number of nitriles is 1. The molecule has 0 amide bonds. The highest BCUT2D eigenvalue weighted by molar-refractivity contribution is 6.34. The maximum atomic E-state index is 9.02. The van der Waals surface area contributed by atoms with Crippen LogP contribution in [0.1, 0.15) is 5.56 Å². The van der Waals surface area contributed by atoms with Crippen LogP contribution in [0.25, 0.3) is 0 Å². The zero-order valence-corrected chi connectivity index (χ0v) is 11.2. The predicted octanol–water partition coefficient (Wildman–Crippen LogP) is 5.31. The third kappa shape index (κ3) is 2.88. The molecule has 18 heavy (non-hydrogen) atoms. The number of hydrogen-bond acceptors (Lipinski definition) is 2. The van der Waals surface area contributed by atoms with Crippen molar-refractivity contribution in [3.8, 4) is 17.6 Å². The van der Waals surface area contributed by atoms with E-state index in [1.165, 1.54) is 0 Å². The third-order valence-corrected chi connectivity index (χ3v) is 2.90. The van der Waals surface area contributed by atoms with Crippen LogP contribution in [-0.2, 0) is 0 Å². The van der Waals surface area contributed by atoms with Crippen LogP contribution < -0.4 is 4.74 Å². The molecule has 2 nitrogen and oxygen atoms in total. The molecule has 0 unspecified atom stereocenters. The molecule has 0 saturated heterocycles. The minimum absolute atomic E-state index is 0.273. The SMILES string of the molecule is N#Cc1c(Cl)cccc1Oc1cc(Cl)cc(Cl)c1. The van der Waals surface area contributed by atoms with E-state index in [0.29, 0.717) is 26.6 Å². The summed E-state index contributed by atoms with van der Waals surface area (Å²) in [5, 5.41) is 10.3. The predicted molar refractivity (Wildman–Crippen MR) is 72.7 cm³/mol. The van der Waals surface area contributed by atoms with Crippen LogP contribution in [0.4, 0.5) is 0 Å². The Balaban J connectivity index is 2.40.